The summed E-state index contributed by atoms with van der Waals surface area (Å²) < 4.78 is 5.20. The first-order valence-corrected chi connectivity index (χ1v) is 7.20. The molecule has 20 heavy (non-hydrogen) atoms. The number of benzene rings is 1. The van der Waals surface area contributed by atoms with Crippen molar-refractivity contribution in [3.63, 3.8) is 0 Å². The van der Waals surface area contributed by atoms with Crippen molar-refractivity contribution in [3.8, 4) is 11.5 Å². The summed E-state index contributed by atoms with van der Waals surface area (Å²) in [4.78, 5) is 11.2. The minimum Gasteiger partial charge on any atom is -0.504 e. The number of phenols is 1. The van der Waals surface area contributed by atoms with Crippen molar-refractivity contribution in [1.29, 1.82) is 0 Å². The number of phenolic OH excluding ortho intramolecular Hbond substituents is 1. The van der Waals surface area contributed by atoms with Crippen LogP contribution in [0.3, 0.4) is 0 Å². The van der Waals surface area contributed by atoms with Crippen LogP contribution >= 0.6 is 0 Å². The van der Waals surface area contributed by atoms with E-state index in [1.54, 1.807) is 0 Å². The molecule has 1 N–H and O–H groups in total. The van der Waals surface area contributed by atoms with E-state index >= 15 is 0 Å². The molecule has 110 valence electrons. The van der Waals surface area contributed by atoms with Crippen LogP contribution in [0.15, 0.2) is 12.1 Å². The van der Waals surface area contributed by atoms with E-state index in [0.29, 0.717) is 5.75 Å². The maximum absolute atomic E-state index is 11.2. The summed E-state index contributed by atoms with van der Waals surface area (Å²) >= 11 is 0. The number of esters is 1. The molecule has 0 heterocycles. The molecule has 0 saturated heterocycles. The van der Waals surface area contributed by atoms with Gasteiger partial charge in [0.2, 0.25) is 0 Å². The molecule has 3 nitrogen and oxygen atoms in total. The van der Waals surface area contributed by atoms with E-state index in [9.17, 15) is 9.90 Å². The van der Waals surface area contributed by atoms with E-state index in [0.717, 1.165) is 30.4 Å². The van der Waals surface area contributed by atoms with Gasteiger partial charge < -0.3 is 9.84 Å². The smallest absolute Gasteiger partial charge is 0.308 e. The van der Waals surface area contributed by atoms with Crippen molar-refractivity contribution in [2.45, 2.75) is 59.3 Å². The molecular weight excluding hydrogens is 252 g/mol. The number of hydrogen-bond acceptors (Lipinski definition) is 3. The molecule has 1 aromatic rings. The van der Waals surface area contributed by atoms with Gasteiger partial charge in [0.15, 0.2) is 11.5 Å². The molecule has 1 fully saturated rings. The standard InChI is InChI=1S/C17H24O3/c1-11-7-8-13(14(19)15(11)20-12(2)18)17(5)10-6-9-16(17,3)4/h7-8,19H,6,9-10H2,1-5H3/t17-/m0/s1. The minimum atomic E-state index is -0.406. The van der Waals surface area contributed by atoms with Gasteiger partial charge in [0.25, 0.3) is 0 Å². The summed E-state index contributed by atoms with van der Waals surface area (Å²) in [5.74, 6) is 0.0213. The molecule has 1 aliphatic rings. The molecule has 1 saturated carbocycles. The lowest BCUT2D eigenvalue weighted by Gasteiger charge is -2.39. The number of hydrogen-bond donors (Lipinski definition) is 1. The molecule has 0 aliphatic heterocycles. The molecule has 3 heteroatoms. The van der Waals surface area contributed by atoms with Gasteiger partial charge in [-0.2, -0.15) is 0 Å². The molecule has 0 unspecified atom stereocenters. The van der Waals surface area contributed by atoms with E-state index in [1.165, 1.54) is 6.92 Å². The molecule has 0 radical (unpaired) electrons. The van der Waals surface area contributed by atoms with Crippen LogP contribution in [0.4, 0.5) is 0 Å². The van der Waals surface area contributed by atoms with Crippen LogP contribution < -0.4 is 4.74 Å². The van der Waals surface area contributed by atoms with Crippen LogP contribution in [0, 0.1) is 12.3 Å². The van der Waals surface area contributed by atoms with Crippen LogP contribution in [-0.4, -0.2) is 11.1 Å². The van der Waals surface area contributed by atoms with Gasteiger partial charge in [0, 0.05) is 17.9 Å². The Hall–Kier alpha value is -1.51. The van der Waals surface area contributed by atoms with Gasteiger partial charge in [-0.25, -0.2) is 0 Å². The number of aromatic hydroxyl groups is 1. The number of ether oxygens (including phenoxy) is 1. The van der Waals surface area contributed by atoms with E-state index in [-0.39, 0.29) is 16.6 Å². The van der Waals surface area contributed by atoms with Crippen LogP contribution in [0.2, 0.25) is 0 Å². The second kappa shape index (κ2) is 4.80. The van der Waals surface area contributed by atoms with Gasteiger partial charge in [0.05, 0.1) is 0 Å². The van der Waals surface area contributed by atoms with Crippen molar-refractivity contribution in [2.24, 2.45) is 5.41 Å². The molecule has 0 bridgehead atoms. The molecule has 0 amide bonds. The molecule has 0 spiro atoms. The highest BCUT2D eigenvalue weighted by molar-refractivity contribution is 5.71. The average Bonchev–Trinajstić information content (AvgIpc) is 2.59. The Balaban J connectivity index is 2.56. The molecule has 1 atom stereocenters. The molecule has 0 aromatic heterocycles. The lowest BCUT2D eigenvalue weighted by atomic mass is 9.65. The predicted molar refractivity (Wildman–Crippen MR) is 79.1 cm³/mol. The van der Waals surface area contributed by atoms with Gasteiger partial charge in [-0.1, -0.05) is 39.3 Å². The second-order valence-corrected chi connectivity index (χ2v) is 6.77. The third kappa shape index (κ3) is 2.19. The SMILES string of the molecule is CC(=O)Oc1c(C)ccc([C@]2(C)CCCC2(C)C)c1O. The van der Waals surface area contributed by atoms with E-state index in [2.05, 4.69) is 20.8 Å². The highest BCUT2D eigenvalue weighted by Crippen LogP contribution is 2.57. The minimum absolute atomic E-state index is 0.0975. The molecule has 2 rings (SSSR count). The Morgan fingerprint density at radius 1 is 1.25 bits per heavy atom. The van der Waals surface area contributed by atoms with Crippen LogP contribution in [0.25, 0.3) is 0 Å². The maximum atomic E-state index is 11.2. The largest absolute Gasteiger partial charge is 0.504 e. The lowest BCUT2D eigenvalue weighted by Crippen LogP contribution is -2.34. The lowest BCUT2D eigenvalue weighted by molar-refractivity contribution is -0.132. The van der Waals surface area contributed by atoms with E-state index < -0.39 is 5.97 Å². The Morgan fingerprint density at radius 2 is 1.90 bits per heavy atom. The fraction of sp³-hybridized carbons (Fsp3) is 0.588. The third-order valence-corrected chi connectivity index (χ3v) is 5.14. The van der Waals surface area contributed by atoms with Crippen LogP contribution in [0.1, 0.15) is 58.1 Å². The zero-order valence-electron chi connectivity index (χ0n) is 13.0. The van der Waals surface area contributed by atoms with Crippen molar-refractivity contribution in [2.75, 3.05) is 0 Å². The second-order valence-electron chi connectivity index (χ2n) is 6.77. The van der Waals surface area contributed by atoms with Crippen molar-refractivity contribution in [3.05, 3.63) is 23.3 Å². The van der Waals surface area contributed by atoms with Gasteiger partial charge in [-0.15, -0.1) is 0 Å². The van der Waals surface area contributed by atoms with Gasteiger partial charge >= 0.3 is 5.97 Å². The fourth-order valence-corrected chi connectivity index (χ4v) is 3.39. The van der Waals surface area contributed by atoms with Crippen molar-refractivity contribution >= 4 is 5.97 Å². The number of carbonyl (C=O) groups excluding carboxylic acids is 1. The van der Waals surface area contributed by atoms with Gasteiger partial charge in [-0.3, -0.25) is 4.79 Å². The summed E-state index contributed by atoms with van der Waals surface area (Å²) in [6, 6.07) is 3.90. The van der Waals surface area contributed by atoms with Gasteiger partial charge in [-0.05, 0) is 30.7 Å². The van der Waals surface area contributed by atoms with Crippen LogP contribution in [-0.2, 0) is 10.2 Å². The molecular formula is C17H24O3. The summed E-state index contributed by atoms with van der Waals surface area (Å²) in [6.45, 7) is 9.87. The Morgan fingerprint density at radius 3 is 2.40 bits per heavy atom. The third-order valence-electron chi connectivity index (χ3n) is 5.14. The van der Waals surface area contributed by atoms with Gasteiger partial charge in [0.1, 0.15) is 0 Å². The average molecular weight is 276 g/mol. The fourth-order valence-electron chi connectivity index (χ4n) is 3.39. The maximum Gasteiger partial charge on any atom is 0.308 e. The van der Waals surface area contributed by atoms with E-state index in [1.807, 2.05) is 19.1 Å². The Bertz CT molecular complexity index is 545. The summed E-state index contributed by atoms with van der Waals surface area (Å²) in [5.41, 5.74) is 1.69. The summed E-state index contributed by atoms with van der Waals surface area (Å²) in [6.07, 6.45) is 3.33. The highest BCUT2D eigenvalue weighted by Gasteiger charge is 2.47. The zero-order valence-corrected chi connectivity index (χ0v) is 13.0. The quantitative estimate of drug-likeness (QED) is 0.653. The molecule has 1 aliphatic carbocycles. The number of carbonyl (C=O) groups is 1. The highest BCUT2D eigenvalue weighted by atomic mass is 16.5. The van der Waals surface area contributed by atoms with Crippen molar-refractivity contribution in [1.82, 2.24) is 0 Å². The first-order valence-electron chi connectivity index (χ1n) is 7.20. The normalized spacial score (nSPS) is 24.6. The summed E-state index contributed by atoms with van der Waals surface area (Å²) in [5, 5.41) is 10.6. The topological polar surface area (TPSA) is 46.5 Å². The Labute approximate surface area is 121 Å². The number of aryl methyl sites for hydroxylation is 1. The predicted octanol–water partition coefficient (Wildman–Crippen LogP) is 4.09. The van der Waals surface area contributed by atoms with E-state index in [4.69, 9.17) is 4.74 Å². The summed E-state index contributed by atoms with van der Waals surface area (Å²) in [7, 11) is 0. The van der Waals surface area contributed by atoms with Crippen LogP contribution in [0.5, 0.6) is 11.5 Å². The van der Waals surface area contributed by atoms with Crippen molar-refractivity contribution < 1.29 is 14.6 Å². The monoisotopic (exact) mass is 276 g/mol. The number of rotatable bonds is 2. The zero-order chi connectivity index (χ0) is 15.1. The first kappa shape index (κ1) is 14.9. The Kier molecular flexibility index (Phi) is 3.57. The first-order chi connectivity index (χ1) is 9.19. The molecule has 1 aromatic carbocycles.